The molecule has 1 saturated heterocycles. The minimum atomic E-state index is -4.58. The van der Waals surface area contributed by atoms with Gasteiger partial charge in [-0.15, -0.1) is 0 Å². The van der Waals surface area contributed by atoms with Crippen molar-refractivity contribution in [2.75, 3.05) is 38.2 Å². The second-order valence-corrected chi connectivity index (χ2v) is 7.35. The molecular formula is C22H23F3N4O. The first kappa shape index (κ1) is 20.4. The summed E-state index contributed by atoms with van der Waals surface area (Å²) in [6.07, 6.45) is -3.74. The van der Waals surface area contributed by atoms with Gasteiger partial charge in [0.15, 0.2) is 0 Å². The number of hydrogen-bond acceptors (Lipinski definition) is 5. The first-order valence-electron chi connectivity index (χ1n) is 9.88. The van der Waals surface area contributed by atoms with Crippen LogP contribution in [0.5, 0.6) is 5.75 Å². The Labute approximate surface area is 173 Å². The molecule has 0 radical (unpaired) electrons. The minimum Gasteiger partial charge on any atom is -0.497 e. The summed E-state index contributed by atoms with van der Waals surface area (Å²) in [5.41, 5.74) is 1.49. The first-order valence-corrected chi connectivity index (χ1v) is 9.88. The predicted octanol–water partition coefficient (Wildman–Crippen LogP) is 4.37. The Morgan fingerprint density at radius 1 is 0.933 bits per heavy atom. The molecule has 4 rings (SSSR count). The van der Waals surface area contributed by atoms with Gasteiger partial charge in [0.05, 0.1) is 12.6 Å². The van der Waals surface area contributed by atoms with Gasteiger partial charge in [0.25, 0.3) is 0 Å². The van der Waals surface area contributed by atoms with E-state index in [0.29, 0.717) is 29.8 Å². The molecule has 1 aliphatic heterocycles. The molecule has 158 valence electrons. The maximum absolute atomic E-state index is 13.3. The maximum atomic E-state index is 13.3. The van der Waals surface area contributed by atoms with Crippen molar-refractivity contribution < 1.29 is 17.9 Å². The molecule has 0 unspecified atom stereocenters. The molecule has 8 heteroatoms. The van der Waals surface area contributed by atoms with E-state index in [-0.39, 0.29) is 0 Å². The second-order valence-electron chi connectivity index (χ2n) is 7.35. The molecule has 1 aromatic heterocycles. The summed E-state index contributed by atoms with van der Waals surface area (Å²) >= 11 is 0. The van der Waals surface area contributed by atoms with Gasteiger partial charge in [0.2, 0.25) is 5.82 Å². The highest BCUT2D eigenvalue weighted by Gasteiger charge is 2.36. The molecule has 0 aliphatic carbocycles. The number of anilines is 1. The fourth-order valence-corrected chi connectivity index (χ4v) is 3.76. The Balaban J connectivity index is 1.54. The van der Waals surface area contributed by atoms with E-state index in [1.807, 2.05) is 29.2 Å². The molecule has 0 amide bonds. The van der Waals surface area contributed by atoms with Crippen molar-refractivity contribution >= 4 is 16.7 Å². The molecule has 30 heavy (non-hydrogen) atoms. The van der Waals surface area contributed by atoms with Crippen molar-refractivity contribution in [1.82, 2.24) is 14.9 Å². The molecule has 2 aromatic carbocycles. The van der Waals surface area contributed by atoms with Crippen LogP contribution in [0, 0.1) is 0 Å². The predicted molar refractivity (Wildman–Crippen MR) is 110 cm³/mol. The number of nitrogens with zero attached hydrogens (tertiary/aromatic N) is 4. The fourth-order valence-electron chi connectivity index (χ4n) is 3.76. The number of rotatable bonds is 4. The Hall–Kier alpha value is -2.87. The molecule has 3 aromatic rings. The minimum absolute atomic E-state index is 0.314. The standard InChI is InChI=1S/C22H23F3N4O/c1-30-17-9-7-16(8-10-17)15-28-11-4-12-29(14-13-28)20-18-5-2-3-6-19(18)26-21(27-20)22(23,24)25/h2-3,5-10H,4,11-15H2,1H3. The quantitative estimate of drug-likeness (QED) is 0.632. The van der Waals surface area contributed by atoms with E-state index in [2.05, 4.69) is 14.9 Å². The molecule has 0 spiro atoms. The summed E-state index contributed by atoms with van der Waals surface area (Å²) in [7, 11) is 1.64. The molecule has 1 aliphatic rings. The number of benzene rings is 2. The molecular weight excluding hydrogens is 393 g/mol. The highest BCUT2D eigenvalue weighted by molar-refractivity contribution is 5.89. The van der Waals surface area contributed by atoms with Gasteiger partial charge in [-0.25, -0.2) is 9.97 Å². The zero-order chi connectivity index (χ0) is 21.1. The molecule has 2 heterocycles. The maximum Gasteiger partial charge on any atom is 0.451 e. The van der Waals surface area contributed by atoms with Crippen molar-refractivity contribution in [1.29, 1.82) is 0 Å². The van der Waals surface area contributed by atoms with E-state index in [9.17, 15) is 13.2 Å². The molecule has 5 nitrogen and oxygen atoms in total. The monoisotopic (exact) mass is 416 g/mol. The number of fused-ring (bicyclic) bond motifs is 1. The zero-order valence-corrected chi connectivity index (χ0v) is 16.7. The largest absolute Gasteiger partial charge is 0.497 e. The van der Waals surface area contributed by atoms with Crippen molar-refractivity contribution in [3.8, 4) is 5.75 Å². The lowest BCUT2D eigenvalue weighted by Gasteiger charge is -2.24. The van der Waals surface area contributed by atoms with Crippen LogP contribution in [0.3, 0.4) is 0 Å². The van der Waals surface area contributed by atoms with Crippen LogP contribution in [0.25, 0.3) is 10.9 Å². The summed E-state index contributed by atoms with van der Waals surface area (Å²) in [5, 5.41) is 0.647. The number of aromatic nitrogens is 2. The van der Waals surface area contributed by atoms with Crippen LogP contribution in [0.1, 0.15) is 17.8 Å². The van der Waals surface area contributed by atoms with Crippen LogP contribution in [0.15, 0.2) is 48.5 Å². The SMILES string of the molecule is COc1ccc(CN2CCCN(c3nc(C(F)(F)F)nc4ccccc34)CC2)cc1. The third-order valence-electron chi connectivity index (χ3n) is 5.29. The topological polar surface area (TPSA) is 41.5 Å². The van der Waals surface area contributed by atoms with Gasteiger partial charge in [-0.2, -0.15) is 13.2 Å². The van der Waals surface area contributed by atoms with Gasteiger partial charge in [0.1, 0.15) is 11.6 Å². The average molecular weight is 416 g/mol. The number of para-hydroxylation sites is 1. The Morgan fingerprint density at radius 3 is 2.43 bits per heavy atom. The Morgan fingerprint density at radius 2 is 1.70 bits per heavy atom. The third kappa shape index (κ3) is 4.48. The van der Waals surface area contributed by atoms with E-state index >= 15 is 0 Å². The van der Waals surface area contributed by atoms with Crippen molar-refractivity contribution in [2.45, 2.75) is 19.1 Å². The summed E-state index contributed by atoms with van der Waals surface area (Å²) in [6.45, 7) is 3.66. The highest BCUT2D eigenvalue weighted by Crippen LogP contribution is 2.32. The van der Waals surface area contributed by atoms with Crippen molar-refractivity contribution in [2.24, 2.45) is 0 Å². The average Bonchev–Trinajstić information content (AvgIpc) is 2.98. The van der Waals surface area contributed by atoms with Gasteiger partial charge in [0, 0.05) is 38.1 Å². The molecule has 0 saturated carbocycles. The lowest BCUT2D eigenvalue weighted by Crippen LogP contribution is -2.31. The van der Waals surface area contributed by atoms with Crippen LogP contribution in [-0.4, -0.2) is 48.2 Å². The van der Waals surface area contributed by atoms with Crippen LogP contribution in [0.2, 0.25) is 0 Å². The van der Waals surface area contributed by atoms with E-state index in [1.54, 1.807) is 31.4 Å². The number of alkyl halides is 3. The summed E-state index contributed by atoms with van der Waals surface area (Å²) in [5.74, 6) is 0.0895. The van der Waals surface area contributed by atoms with Gasteiger partial charge in [-0.1, -0.05) is 24.3 Å². The molecule has 1 fully saturated rings. The normalized spacial score (nSPS) is 15.9. The number of halogens is 3. The van der Waals surface area contributed by atoms with Gasteiger partial charge >= 0.3 is 6.18 Å². The number of ether oxygens (including phenoxy) is 1. The smallest absolute Gasteiger partial charge is 0.451 e. The third-order valence-corrected chi connectivity index (χ3v) is 5.29. The van der Waals surface area contributed by atoms with Crippen LogP contribution >= 0.6 is 0 Å². The van der Waals surface area contributed by atoms with E-state index < -0.39 is 12.0 Å². The fraction of sp³-hybridized carbons (Fsp3) is 0.364. The number of methoxy groups -OCH3 is 1. The Kier molecular flexibility index (Phi) is 5.76. The van der Waals surface area contributed by atoms with E-state index in [4.69, 9.17) is 4.74 Å². The lowest BCUT2D eigenvalue weighted by molar-refractivity contribution is -0.144. The molecule has 0 N–H and O–H groups in total. The molecule has 0 atom stereocenters. The Bertz CT molecular complexity index is 1010. The second kappa shape index (κ2) is 8.47. The number of hydrogen-bond donors (Lipinski definition) is 0. The van der Waals surface area contributed by atoms with Crippen LogP contribution in [-0.2, 0) is 12.7 Å². The van der Waals surface area contributed by atoms with Gasteiger partial charge in [-0.3, -0.25) is 4.90 Å². The lowest BCUT2D eigenvalue weighted by atomic mass is 10.2. The van der Waals surface area contributed by atoms with Crippen molar-refractivity contribution in [3.63, 3.8) is 0 Å². The van der Waals surface area contributed by atoms with Gasteiger partial charge in [-0.05, 0) is 36.2 Å². The van der Waals surface area contributed by atoms with Crippen LogP contribution in [0.4, 0.5) is 19.0 Å². The molecule has 0 bridgehead atoms. The first-order chi connectivity index (χ1) is 14.4. The van der Waals surface area contributed by atoms with Crippen LogP contribution < -0.4 is 9.64 Å². The van der Waals surface area contributed by atoms with E-state index in [0.717, 1.165) is 31.8 Å². The summed E-state index contributed by atoms with van der Waals surface area (Å²) in [4.78, 5) is 11.9. The zero-order valence-electron chi connectivity index (χ0n) is 16.7. The van der Waals surface area contributed by atoms with Crippen molar-refractivity contribution in [3.05, 3.63) is 59.9 Å². The summed E-state index contributed by atoms with van der Waals surface area (Å²) < 4.78 is 45.2. The van der Waals surface area contributed by atoms with E-state index in [1.165, 1.54) is 5.56 Å². The van der Waals surface area contributed by atoms with Gasteiger partial charge < -0.3 is 9.64 Å². The highest BCUT2D eigenvalue weighted by atomic mass is 19.4. The summed E-state index contributed by atoms with van der Waals surface area (Å²) in [6, 6.07) is 14.8.